The lowest BCUT2D eigenvalue weighted by Crippen LogP contribution is -2.46. The Balaban J connectivity index is 1.93. The average molecular weight is 506 g/mol. The number of benzene rings is 2. The summed E-state index contributed by atoms with van der Waals surface area (Å²) in [7, 11) is 0. The molecule has 0 amide bonds. The van der Waals surface area contributed by atoms with E-state index in [1.165, 1.54) is 6.92 Å². The molecule has 3 atom stereocenters. The third-order valence-corrected chi connectivity index (χ3v) is 5.48. The van der Waals surface area contributed by atoms with Gasteiger partial charge >= 0.3 is 12.4 Å². The molecule has 0 unspecified atom stereocenters. The third-order valence-electron chi connectivity index (χ3n) is 5.34. The van der Waals surface area contributed by atoms with Gasteiger partial charge in [0.25, 0.3) is 0 Å². The number of ether oxygens (including phenoxy) is 2. The number of rotatable bonds is 5. The van der Waals surface area contributed by atoms with E-state index in [1.807, 2.05) is 35.2 Å². The van der Waals surface area contributed by atoms with Gasteiger partial charge < -0.3 is 9.47 Å². The first-order valence-electron chi connectivity index (χ1n) is 10.4. The zero-order valence-electron chi connectivity index (χ0n) is 18.1. The normalized spacial score (nSPS) is 20.5. The molecule has 1 fully saturated rings. The van der Waals surface area contributed by atoms with Gasteiger partial charge in [-0.15, -0.1) is 11.6 Å². The van der Waals surface area contributed by atoms with Crippen molar-refractivity contribution in [1.29, 1.82) is 0 Å². The van der Waals surface area contributed by atoms with Gasteiger partial charge in [-0.1, -0.05) is 42.2 Å². The maximum absolute atomic E-state index is 13.3. The minimum Gasteiger partial charge on any atom is -0.349 e. The summed E-state index contributed by atoms with van der Waals surface area (Å²) in [6.45, 7) is 2.49. The van der Waals surface area contributed by atoms with E-state index >= 15 is 0 Å². The maximum Gasteiger partial charge on any atom is 0.416 e. The van der Waals surface area contributed by atoms with E-state index in [1.54, 1.807) is 0 Å². The van der Waals surface area contributed by atoms with Crippen LogP contribution in [0.4, 0.5) is 26.3 Å². The molecule has 0 N–H and O–H groups in total. The SMILES string of the molecule is C[C@@H](O[C@H]1OCCN(CC#CCCl)[C@H]1c1ccccc1)c1cc(C(F)(F)F)cc(C(F)(F)F)c1. The first-order valence-corrected chi connectivity index (χ1v) is 10.9. The Hall–Kier alpha value is -2.25. The van der Waals surface area contributed by atoms with E-state index in [2.05, 4.69) is 11.8 Å². The Morgan fingerprint density at radius 3 is 2.21 bits per heavy atom. The van der Waals surface area contributed by atoms with Crippen LogP contribution in [0.3, 0.4) is 0 Å². The fraction of sp³-hybridized carbons (Fsp3) is 0.417. The Morgan fingerprint density at radius 1 is 1.03 bits per heavy atom. The van der Waals surface area contributed by atoms with E-state index in [9.17, 15) is 26.3 Å². The van der Waals surface area contributed by atoms with Crippen molar-refractivity contribution < 1.29 is 35.8 Å². The highest BCUT2D eigenvalue weighted by Crippen LogP contribution is 2.39. The van der Waals surface area contributed by atoms with Gasteiger partial charge in [-0.05, 0) is 36.2 Å². The van der Waals surface area contributed by atoms with Crippen LogP contribution >= 0.6 is 11.6 Å². The summed E-state index contributed by atoms with van der Waals surface area (Å²) in [5.74, 6) is 5.87. The quantitative estimate of drug-likeness (QED) is 0.265. The zero-order chi connectivity index (χ0) is 24.9. The molecule has 1 heterocycles. The highest BCUT2D eigenvalue weighted by Gasteiger charge is 2.39. The van der Waals surface area contributed by atoms with Gasteiger partial charge in [0.15, 0.2) is 6.29 Å². The average Bonchev–Trinajstić information content (AvgIpc) is 2.78. The predicted molar refractivity (Wildman–Crippen MR) is 115 cm³/mol. The van der Waals surface area contributed by atoms with Crippen molar-refractivity contribution in [1.82, 2.24) is 4.90 Å². The Labute approximate surface area is 198 Å². The third kappa shape index (κ3) is 6.66. The van der Waals surface area contributed by atoms with Crippen LogP contribution in [0, 0.1) is 11.8 Å². The van der Waals surface area contributed by atoms with Crippen molar-refractivity contribution >= 4 is 11.6 Å². The van der Waals surface area contributed by atoms with Crippen LogP contribution in [0.5, 0.6) is 0 Å². The summed E-state index contributed by atoms with van der Waals surface area (Å²) in [5, 5.41) is 0. The molecule has 1 aliphatic rings. The summed E-state index contributed by atoms with van der Waals surface area (Å²) in [5.41, 5.74) is -2.23. The van der Waals surface area contributed by atoms with E-state index in [-0.39, 0.29) is 24.1 Å². The van der Waals surface area contributed by atoms with Crippen LogP contribution in [-0.4, -0.2) is 36.8 Å². The van der Waals surface area contributed by atoms with Crippen molar-refractivity contribution in [2.45, 2.75) is 37.7 Å². The molecule has 3 nitrogen and oxygen atoms in total. The van der Waals surface area contributed by atoms with Gasteiger partial charge in [-0.25, -0.2) is 0 Å². The zero-order valence-corrected chi connectivity index (χ0v) is 18.8. The summed E-state index contributed by atoms with van der Waals surface area (Å²) >= 11 is 5.63. The van der Waals surface area contributed by atoms with Crippen LogP contribution in [0.1, 0.15) is 41.3 Å². The molecule has 1 aliphatic heterocycles. The second-order valence-electron chi connectivity index (χ2n) is 7.67. The standard InChI is InChI=1S/C24H22ClF6NO2/c1-16(18-13-19(23(26,27)28)15-20(14-18)24(29,30)31)34-22-21(17-7-3-2-4-8-17)32(11-12-33-22)10-6-5-9-25/h2-4,7-8,13-16,21-22H,9-12H2,1H3/t16-,21+,22-/m1/s1. The lowest BCUT2D eigenvalue weighted by Gasteiger charge is -2.41. The van der Waals surface area contributed by atoms with Gasteiger partial charge in [-0.2, -0.15) is 26.3 Å². The Kier molecular flexibility index (Phi) is 8.52. The van der Waals surface area contributed by atoms with Crippen LogP contribution in [0.15, 0.2) is 48.5 Å². The number of hydrogen-bond donors (Lipinski definition) is 0. The van der Waals surface area contributed by atoms with E-state index in [0.717, 1.165) is 5.56 Å². The molecule has 0 bridgehead atoms. The summed E-state index contributed by atoms with van der Waals surface area (Å²) in [6.07, 6.45) is -12.0. The number of halogens is 7. The number of nitrogens with zero attached hydrogens (tertiary/aromatic N) is 1. The smallest absolute Gasteiger partial charge is 0.349 e. The van der Waals surface area contributed by atoms with E-state index < -0.39 is 41.9 Å². The van der Waals surface area contributed by atoms with Crippen LogP contribution < -0.4 is 0 Å². The minimum absolute atomic E-state index is 0.0946. The number of hydrogen-bond acceptors (Lipinski definition) is 3. The van der Waals surface area contributed by atoms with Crippen molar-refractivity contribution in [2.24, 2.45) is 0 Å². The van der Waals surface area contributed by atoms with E-state index in [0.29, 0.717) is 25.2 Å². The van der Waals surface area contributed by atoms with Crippen molar-refractivity contribution in [3.05, 3.63) is 70.8 Å². The van der Waals surface area contributed by atoms with Gasteiger partial charge in [0.2, 0.25) is 0 Å². The van der Waals surface area contributed by atoms with Crippen LogP contribution in [-0.2, 0) is 21.8 Å². The second-order valence-corrected chi connectivity index (χ2v) is 7.94. The Bertz CT molecular complexity index is 984. The molecule has 0 spiro atoms. The molecule has 34 heavy (non-hydrogen) atoms. The highest BCUT2D eigenvalue weighted by molar-refractivity contribution is 6.19. The van der Waals surface area contributed by atoms with Crippen molar-refractivity contribution in [3.63, 3.8) is 0 Å². The molecule has 1 saturated heterocycles. The highest BCUT2D eigenvalue weighted by atomic mass is 35.5. The molecule has 0 radical (unpaired) electrons. The monoisotopic (exact) mass is 505 g/mol. The second kappa shape index (κ2) is 11.0. The molecule has 2 aromatic carbocycles. The Morgan fingerprint density at radius 2 is 1.65 bits per heavy atom. The molecule has 0 saturated carbocycles. The van der Waals surface area contributed by atoms with Crippen molar-refractivity contribution in [3.8, 4) is 11.8 Å². The molecule has 0 aliphatic carbocycles. The molecule has 0 aromatic heterocycles. The molecule has 10 heteroatoms. The largest absolute Gasteiger partial charge is 0.416 e. The van der Waals surface area contributed by atoms with Gasteiger partial charge in [0.05, 0.1) is 42.3 Å². The maximum atomic E-state index is 13.3. The lowest BCUT2D eigenvalue weighted by atomic mass is 10.0. The minimum atomic E-state index is -4.94. The van der Waals surface area contributed by atoms with Gasteiger partial charge in [0, 0.05) is 6.54 Å². The van der Waals surface area contributed by atoms with Gasteiger partial charge in [-0.3, -0.25) is 4.90 Å². The van der Waals surface area contributed by atoms with Crippen LogP contribution in [0.2, 0.25) is 0 Å². The van der Waals surface area contributed by atoms with E-state index in [4.69, 9.17) is 21.1 Å². The lowest BCUT2D eigenvalue weighted by molar-refractivity contribution is -0.228. The van der Waals surface area contributed by atoms with Gasteiger partial charge in [0.1, 0.15) is 0 Å². The fourth-order valence-corrected chi connectivity index (χ4v) is 3.79. The summed E-state index contributed by atoms with van der Waals surface area (Å²) in [4.78, 5) is 1.98. The first kappa shape index (κ1) is 26.4. The number of alkyl halides is 7. The molecule has 184 valence electrons. The topological polar surface area (TPSA) is 21.7 Å². The molecular weight excluding hydrogens is 484 g/mol. The summed E-state index contributed by atoms with van der Waals surface area (Å²) < 4.78 is 91.4. The predicted octanol–water partition coefficient (Wildman–Crippen LogP) is 6.44. The van der Waals surface area contributed by atoms with Crippen molar-refractivity contribution in [2.75, 3.05) is 25.6 Å². The number of morpholine rings is 1. The summed E-state index contributed by atoms with van der Waals surface area (Å²) in [6, 6.07) is 10.1. The molecule has 2 aromatic rings. The molecule has 3 rings (SSSR count). The fourth-order valence-electron chi connectivity index (χ4n) is 3.70. The van der Waals surface area contributed by atoms with Crippen LogP contribution in [0.25, 0.3) is 0 Å². The first-order chi connectivity index (χ1) is 16.0. The molecular formula is C24H22ClF6NO2.